The molecule has 0 atom stereocenters. The standard InChI is InChI=1S/C20H25N3O3S2/c24-20(22-12-5-15-27-18-6-2-1-3-7-18)17-9-13-23(14-10-17)28(25,26)19-8-4-11-21-16-19/h1-4,6-8,11,16-17H,5,9-10,12-15H2,(H,22,24). The summed E-state index contributed by atoms with van der Waals surface area (Å²) in [5.74, 6) is 0.858. The molecule has 0 saturated carbocycles. The van der Waals surface area contributed by atoms with Crippen LogP contribution in [0.1, 0.15) is 19.3 Å². The Morgan fingerprint density at radius 3 is 2.57 bits per heavy atom. The average molecular weight is 420 g/mol. The van der Waals surface area contributed by atoms with Crippen LogP contribution in [0.3, 0.4) is 0 Å². The van der Waals surface area contributed by atoms with Crippen molar-refractivity contribution in [3.05, 3.63) is 54.9 Å². The van der Waals surface area contributed by atoms with Crippen molar-refractivity contribution in [3.63, 3.8) is 0 Å². The Morgan fingerprint density at radius 1 is 1.14 bits per heavy atom. The number of pyridine rings is 1. The first-order valence-corrected chi connectivity index (χ1v) is 11.9. The molecule has 6 nitrogen and oxygen atoms in total. The van der Waals surface area contributed by atoms with Gasteiger partial charge in [-0.05, 0) is 49.3 Å². The van der Waals surface area contributed by atoms with Gasteiger partial charge in [-0.3, -0.25) is 9.78 Å². The molecule has 0 bridgehead atoms. The molecule has 0 aliphatic carbocycles. The number of carbonyl (C=O) groups excluding carboxylic acids is 1. The van der Waals surface area contributed by atoms with Gasteiger partial charge >= 0.3 is 0 Å². The number of thioether (sulfide) groups is 1. The molecule has 28 heavy (non-hydrogen) atoms. The van der Waals surface area contributed by atoms with E-state index in [-0.39, 0.29) is 16.7 Å². The predicted molar refractivity (Wildman–Crippen MR) is 111 cm³/mol. The number of carbonyl (C=O) groups is 1. The largest absolute Gasteiger partial charge is 0.356 e. The van der Waals surface area contributed by atoms with E-state index >= 15 is 0 Å². The summed E-state index contributed by atoms with van der Waals surface area (Å²) in [6.07, 6.45) is 4.91. The van der Waals surface area contributed by atoms with Crippen molar-refractivity contribution in [2.24, 2.45) is 5.92 Å². The summed E-state index contributed by atoms with van der Waals surface area (Å²) in [4.78, 5) is 17.7. The van der Waals surface area contributed by atoms with Crippen LogP contribution < -0.4 is 5.32 Å². The third kappa shape index (κ3) is 5.56. The highest BCUT2D eigenvalue weighted by molar-refractivity contribution is 7.99. The normalized spacial score (nSPS) is 16.0. The minimum atomic E-state index is -3.53. The van der Waals surface area contributed by atoms with Crippen LogP contribution in [-0.2, 0) is 14.8 Å². The Hall–Kier alpha value is -1.90. The lowest BCUT2D eigenvalue weighted by Gasteiger charge is -2.30. The van der Waals surface area contributed by atoms with Crippen molar-refractivity contribution < 1.29 is 13.2 Å². The second kappa shape index (κ2) is 10.0. The molecular formula is C20H25N3O3S2. The van der Waals surface area contributed by atoms with Crippen LogP contribution in [0.4, 0.5) is 0 Å². The van der Waals surface area contributed by atoms with Gasteiger partial charge in [0.05, 0.1) is 0 Å². The van der Waals surface area contributed by atoms with E-state index in [0.717, 1.165) is 12.2 Å². The van der Waals surface area contributed by atoms with Gasteiger partial charge in [0.1, 0.15) is 4.90 Å². The molecule has 1 aliphatic rings. The molecule has 1 aromatic heterocycles. The third-order valence-corrected chi connectivity index (χ3v) is 7.71. The number of piperidine rings is 1. The van der Waals surface area contributed by atoms with Gasteiger partial charge in [-0.1, -0.05) is 18.2 Å². The zero-order valence-corrected chi connectivity index (χ0v) is 17.3. The van der Waals surface area contributed by atoms with Crippen LogP contribution >= 0.6 is 11.8 Å². The van der Waals surface area contributed by atoms with Gasteiger partial charge in [0, 0.05) is 42.8 Å². The lowest BCUT2D eigenvalue weighted by Crippen LogP contribution is -2.43. The fraction of sp³-hybridized carbons (Fsp3) is 0.400. The highest BCUT2D eigenvalue weighted by Gasteiger charge is 2.31. The number of sulfonamides is 1. The van der Waals surface area contributed by atoms with E-state index < -0.39 is 10.0 Å². The van der Waals surface area contributed by atoms with E-state index in [4.69, 9.17) is 0 Å². The third-order valence-electron chi connectivity index (χ3n) is 4.73. The molecule has 2 aromatic rings. The minimum absolute atomic E-state index is 0.0307. The molecule has 0 unspecified atom stereocenters. The van der Waals surface area contributed by atoms with E-state index in [1.54, 1.807) is 30.1 Å². The van der Waals surface area contributed by atoms with E-state index in [1.165, 1.54) is 15.4 Å². The summed E-state index contributed by atoms with van der Waals surface area (Å²) in [7, 11) is -3.53. The first-order chi connectivity index (χ1) is 13.6. The zero-order chi connectivity index (χ0) is 19.8. The van der Waals surface area contributed by atoms with Gasteiger partial charge in [-0.2, -0.15) is 4.31 Å². The van der Waals surface area contributed by atoms with E-state index in [1.807, 2.05) is 18.2 Å². The van der Waals surface area contributed by atoms with Gasteiger partial charge in [-0.25, -0.2) is 8.42 Å². The van der Waals surface area contributed by atoms with Gasteiger partial charge in [0.25, 0.3) is 0 Å². The Labute approximate surface area is 170 Å². The first kappa shape index (κ1) is 20.8. The molecule has 1 fully saturated rings. The summed E-state index contributed by atoms with van der Waals surface area (Å²) in [6.45, 7) is 1.37. The summed E-state index contributed by atoms with van der Waals surface area (Å²) in [6, 6.07) is 13.4. The number of benzene rings is 1. The van der Waals surface area contributed by atoms with Gasteiger partial charge in [-0.15, -0.1) is 11.8 Å². The number of nitrogens with zero attached hydrogens (tertiary/aromatic N) is 2. The number of hydrogen-bond acceptors (Lipinski definition) is 5. The van der Waals surface area contributed by atoms with Crippen molar-refractivity contribution in [1.29, 1.82) is 0 Å². The first-order valence-electron chi connectivity index (χ1n) is 9.43. The van der Waals surface area contributed by atoms with Gasteiger partial charge in [0.2, 0.25) is 15.9 Å². The maximum absolute atomic E-state index is 12.6. The van der Waals surface area contributed by atoms with E-state index in [2.05, 4.69) is 22.4 Å². The van der Waals surface area contributed by atoms with Crippen molar-refractivity contribution >= 4 is 27.7 Å². The second-order valence-electron chi connectivity index (χ2n) is 6.67. The molecule has 0 spiro atoms. The lowest BCUT2D eigenvalue weighted by atomic mass is 9.97. The van der Waals surface area contributed by atoms with Crippen LogP contribution in [0.15, 0.2) is 64.6 Å². The molecular weight excluding hydrogens is 394 g/mol. The van der Waals surface area contributed by atoms with Crippen molar-refractivity contribution in [2.75, 3.05) is 25.4 Å². The monoisotopic (exact) mass is 419 g/mol. The van der Waals surface area contributed by atoms with Crippen LogP contribution in [0.2, 0.25) is 0 Å². The molecule has 1 N–H and O–H groups in total. The zero-order valence-electron chi connectivity index (χ0n) is 15.7. The van der Waals surface area contributed by atoms with Crippen molar-refractivity contribution in [3.8, 4) is 0 Å². The van der Waals surface area contributed by atoms with E-state index in [9.17, 15) is 13.2 Å². The number of hydrogen-bond donors (Lipinski definition) is 1. The Morgan fingerprint density at radius 2 is 1.89 bits per heavy atom. The van der Waals surface area contributed by atoms with Crippen LogP contribution in [0.5, 0.6) is 0 Å². The fourth-order valence-corrected chi connectivity index (χ4v) is 5.45. The van der Waals surface area contributed by atoms with Crippen LogP contribution in [0.25, 0.3) is 0 Å². The summed E-state index contributed by atoms with van der Waals surface area (Å²) in [5, 5.41) is 2.99. The maximum atomic E-state index is 12.6. The molecule has 1 aliphatic heterocycles. The van der Waals surface area contributed by atoms with Gasteiger partial charge < -0.3 is 5.32 Å². The van der Waals surface area contributed by atoms with Gasteiger partial charge in [0.15, 0.2) is 0 Å². The highest BCUT2D eigenvalue weighted by atomic mass is 32.2. The fourth-order valence-electron chi connectivity index (χ4n) is 3.14. The molecule has 1 saturated heterocycles. The Bertz CT molecular complexity index is 853. The quantitative estimate of drug-likeness (QED) is 0.526. The smallest absolute Gasteiger partial charge is 0.244 e. The number of nitrogens with one attached hydrogen (secondary N) is 1. The molecule has 1 amide bonds. The number of aromatic nitrogens is 1. The highest BCUT2D eigenvalue weighted by Crippen LogP contribution is 2.23. The molecule has 8 heteroatoms. The van der Waals surface area contributed by atoms with Crippen molar-refractivity contribution in [1.82, 2.24) is 14.6 Å². The molecule has 1 aromatic carbocycles. The summed E-state index contributed by atoms with van der Waals surface area (Å²) >= 11 is 1.78. The average Bonchev–Trinajstić information content (AvgIpc) is 2.75. The van der Waals surface area contributed by atoms with Crippen molar-refractivity contribution in [2.45, 2.75) is 29.1 Å². The Balaban J connectivity index is 1.38. The summed E-state index contributed by atoms with van der Waals surface area (Å²) < 4.78 is 26.7. The van der Waals surface area contributed by atoms with Crippen LogP contribution in [0, 0.1) is 5.92 Å². The number of amides is 1. The molecule has 150 valence electrons. The molecule has 3 rings (SSSR count). The molecule has 2 heterocycles. The lowest BCUT2D eigenvalue weighted by molar-refractivity contribution is -0.126. The predicted octanol–water partition coefficient (Wildman–Crippen LogP) is 2.78. The minimum Gasteiger partial charge on any atom is -0.356 e. The summed E-state index contributed by atoms with van der Waals surface area (Å²) in [5.41, 5.74) is 0. The second-order valence-corrected chi connectivity index (χ2v) is 9.78. The SMILES string of the molecule is O=C(NCCCSc1ccccc1)C1CCN(S(=O)(=O)c2cccnc2)CC1. The molecule has 0 radical (unpaired) electrons. The number of rotatable bonds is 8. The topological polar surface area (TPSA) is 79.4 Å². The van der Waals surface area contributed by atoms with E-state index in [0.29, 0.717) is 32.5 Å². The van der Waals surface area contributed by atoms with Crippen LogP contribution in [-0.4, -0.2) is 49.0 Å². The Kier molecular flexibility index (Phi) is 7.47. The maximum Gasteiger partial charge on any atom is 0.244 e.